The van der Waals surface area contributed by atoms with Crippen LogP contribution in [0.25, 0.3) is 0 Å². The van der Waals surface area contributed by atoms with E-state index in [9.17, 15) is 4.79 Å². The number of ether oxygens (including phenoxy) is 1. The van der Waals surface area contributed by atoms with Crippen LogP contribution in [0.5, 0.6) is 0 Å². The smallest absolute Gasteiger partial charge is 0.226 e. The van der Waals surface area contributed by atoms with Gasteiger partial charge in [0.25, 0.3) is 0 Å². The normalized spacial score (nSPS) is 17.3. The fourth-order valence-electron chi connectivity index (χ4n) is 2.58. The summed E-state index contributed by atoms with van der Waals surface area (Å²) in [5.74, 6) is -0.00727. The van der Waals surface area contributed by atoms with Gasteiger partial charge in [0.05, 0.1) is 0 Å². The Balaban J connectivity index is 1.43. The minimum absolute atomic E-state index is 0.00727. The highest BCUT2D eigenvalue weighted by molar-refractivity contribution is 7.15. The van der Waals surface area contributed by atoms with Gasteiger partial charge in [-0.05, 0) is 38.2 Å². The molecule has 0 spiro atoms. The van der Waals surface area contributed by atoms with Crippen LogP contribution in [0.1, 0.15) is 47.9 Å². The van der Waals surface area contributed by atoms with Crippen LogP contribution in [0.2, 0.25) is 0 Å². The van der Waals surface area contributed by atoms with E-state index in [2.05, 4.69) is 46.7 Å². The van der Waals surface area contributed by atoms with Crippen molar-refractivity contribution in [1.82, 2.24) is 10.2 Å². The Morgan fingerprint density at radius 3 is 2.91 bits per heavy atom. The number of hydrogen-bond acceptors (Lipinski definition) is 5. The van der Waals surface area contributed by atoms with Crippen molar-refractivity contribution in [2.45, 2.75) is 45.1 Å². The summed E-state index contributed by atoms with van der Waals surface area (Å²) in [6, 6.07) is 8.43. The Morgan fingerprint density at radius 1 is 1.35 bits per heavy atom. The van der Waals surface area contributed by atoms with Crippen molar-refractivity contribution in [3.05, 3.63) is 40.4 Å². The molecule has 0 bridgehead atoms. The van der Waals surface area contributed by atoms with Gasteiger partial charge >= 0.3 is 0 Å². The third-order valence-electron chi connectivity index (χ3n) is 3.88. The van der Waals surface area contributed by atoms with E-state index in [0.717, 1.165) is 37.3 Å². The molecule has 1 amide bonds. The van der Waals surface area contributed by atoms with Crippen molar-refractivity contribution in [2.24, 2.45) is 0 Å². The lowest BCUT2D eigenvalue weighted by molar-refractivity contribution is -0.116. The molecule has 0 saturated carbocycles. The number of carbonyl (C=O) groups is 1. The molecule has 1 aromatic heterocycles. The highest BCUT2D eigenvalue weighted by Gasteiger charge is 2.22. The first-order valence-corrected chi connectivity index (χ1v) is 8.83. The van der Waals surface area contributed by atoms with Gasteiger partial charge in [-0.25, -0.2) is 0 Å². The predicted octanol–water partition coefficient (Wildman–Crippen LogP) is 3.66. The molecular formula is C17H21N3O2S. The van der Waals surface area contributed by atoms with Gasteiger partial charge < -0.3 is 10.1 Å². The molecule has 1 unspecified atom stereocenters. The number of rotatable bonds is 6. The van der Waals surface area contributed by atoms with E-state index in [1.807, 2.05) is 0 Å². The molecule has 1 saturated heterocycles. The van der Waals surface area contributed by atoms with E-state index in [0.29, 0.717) is 11.6 Å². The minimum atomic E-state index is -0.00727. The van der Waals surface area contributed by atoms with E-state index in [1.54, 1.807) is 0 Å². The second kappa shape index (κ2) is 7.66. The average molecular weight is 331 g/mol. The number of nitrogens with zero attached hydrogens (tertiary/aromatic N) is 2. The van der Waals surface area contributed by atoms with Crippen molar-refractivity contribution >= 4 is 22.4 Å². The van der Waals surface area contributed by atoms with Crippen LogP contribution >= 0.6 is 11.3 Å². The van der Waals surface area contributed by atoms with E-state index >= 15 is 0 Å². The summed E-state index contributed by atoms with van der Waals surface area (Å²) in [5.41, 5.74) is 2.52. The quantitative estimate of drug-likeness (QED) is 0.877. The first kappa shape index (κ1) is 16.1. The Bertz CT molecular complexity index is 648. The van der Waals surface area contributed by atoms with Crippen LogP contribution < -0.4 is 5.32 Å². The molecule has 5 nitrogen and oxygen atoms in total. The van der Waals surface area contributed by atoms with E-state index in [1.165, 1.54) is 22.5 Å². The number of benzene rings is 1. The molecule has 2 aromatic rings. The molecule has 1 N–H and O–H groups in total. The summed E-state index contributed by atoms with van der Waals surface area (Å²) in [5, 5.41) is 12.4. The zero-order valence-corrected chi connectivity index (χ0v) is 14.1. The van der Waals surface area contributed by atoms with Crippen LogP contribution in [-0.2, 0) is 16.0 Å². The van der Waals surface area contributed by atoms with Crippen molar-refractivity contribution in [2.75, 3.05) is 11.9 Å². The molecule has 6 heteroatoms. The number of hydrogen-bond donors (Lipinski definition) is 1. The van der Waals surface area contributed by atoms with Crippen LogP contribution in [0.3, 0.4) is 0 Å². The molecule has 3 rings (SSSR count). The van der Waals surface area contributed by atoms with Crippen molar-refractivity contribution in [3.8, 4) is 0 Å². The molecule has 23 heavy (non-hydrogen) atoms. The summed E-state index contributed by atoms with van der Waals surface area (Å²) in [4.78, 5) is 12.0. The first-order chi connectivity index (χ1) is 11.2. The van der Waals surface area contributed by atoms with Crippen molar-refractivity contribution in [3.63, 3.8) is 0 Å². The fourth-order valence-corrected chi connectivity index (χ4v) is 3.42. The third kappa shape index (κ3) is 4.59. The van der Waals surface area contributed by atoms with E-state index < -0.39 is 0 Å². The van der Waals surface area contributed by atoms with Gasteiger partial charge in [0.2, 0.25) is 11.0 Å². The van der Waals surface area contributed by atoms with Gasteiger partial charge in [-0.2, -0.15) is 0 Å². The lowest BCUT2D eigenvalue weighted by Crippen LogP contribution is -2.11. The third-order valence-corrected chi connectivity index (χ3v) is 4.81. The lowest BCUT2D eigenvalue weighted by Gasteiger charge is -2.03. The van der Waals surface area contributed by atoms with Crippen LogP contribution in [0.15, 0.2) is 24.3 Å². The molecular weight excluding hydrogens is 310 g/mol. The topological polar surface area (TPSA) is 64.1 Å². The highest BCUT2D eigenvalue weighted by Crippen LogP contribution is 2.31. The van der Waals surface area contributed by atoms with Gasteiger partial charge in [0.1, 0.15) is 11.1 Å². The Kier molecular flexibility index (Phi) is 5.35. The van der Waals surface area contributed by atoms with Crippen LogP contribution in [0.4, 0.5) is 5.13 Å². The second-order valence-corrected chi connectivity index (χ2v) is 6.84. The number of carbonyl (C=O) groups excluding carboxylic acids is 1. The number of nitrogens with one attached hydrogen (secondary N) is 1. The van der Waals surface area contributed by atoms with Crippen molar-refractivity contribution in [1.29, 1.82) is 0 Å². The molecule has 0 aliphatic carbocycles. The Morgan fingerprint density at radius 2 is 2.17 bits per heavy atom. The Hall–Kier alpha value is -1.79. The molecule has 122 valence electrons. The average Bonchev–Trinajstić information content (AvgIpc) is 3.20. The summed E-state index contributed by atoms with van der Waals surface area (Å²) in [7, 11) is 0. The van der Waals surface area contributed by atoms with Gasteiger partial charge in [0, 0.05) is 13.0 Å². The van der Waals surface area contributed by atoms with Gasteiger partial charge in [-0.1, -0.05) is 41.2 Å². The number of aromatic nitrogens is 2. The predicted molar refractivity (Wildman–Crippen MR) is 90.6 cm³/mol. The van der Waals surface area contributed by atoms with Gasteiger partial charge in [-0.3, -0.25) is 4.79 Å². The lowest BCUT2D eigenvalue weighted by atomic mass is 10.1. The highest BCUT2D eigenvalue weighted by atomic mass is 32.1. The van der Waals surface area contributed by atoms with E-state index in [4.69, 9.17) is 4.74 Å². The SMILES string of the molecule is Cc1ccc(CCCC(=O)Nc2nnc(C3CCCO3)s2)cc1. The summed E-state index contributed by atoms with van der Waals surface area (Å²) >= 11 is 1.41. The molecule has 1 aliphatic rings. The summed E-state index contributed by atoms with van der Waals surface area (Å²) in [6.45, 7) is 2.86. The maximum atomic E-state index is 12.0. The molecule has 2 heterocycles. The van der Waals surface area contributed by atoms with Gasteiger partial charge in [0.15, 0.2) is 0 Å². The Labute approximate surface area is 140 Å². The zero-order chi connectivity index (χ0) is 16.1. The number of aryl methyl sites for hydroxylation is 2. The first-order valence-electron chi connectivity index (χ1n) is 8.01. The van der Waals surface area contributed by atoms with E-state index in [-0.39, 0.29) is 12.0 Å². The summed E-state index contributed by atoms with van der Waals surface area (Å²) in [6.07, 6.45) is 4.32. The molecule has 1 fully saturated rings. The minimum Gasteiger partial charge on any atom is -0.371 e. The summed E-state index contributed by atoms with van der Waals surface area (Å²) < 4.78 is 5.57. The number of anilines is 1. The maximum Gasteiger partial charge on any atom is 0.226 e. The molecule has 1 aliphatic heterocycles. The van der Waals surface area contributed by atoms with Crippen LogP contribution in [0, 0.1) is 6.92 Å². The largest absolute Gasteiger partial charge is 0.371 e. The molecule has 0 radical (unpaired) electrons. The standard InChI is InChI=1S/C17H21N3O2S/c1-12-7-9-13(10-8-12)4-2-6-15(21)18-17-20-19-16(23-17)14-5-3-11-22-14/h7-10,14H,2-6,11H2,1H3,(H,18,20,21). The number of amides is 1. The van der Waals surface area contributed by atoms with Gasteiger partial charge in [-0.15, -0.1) is 10.2 Å². The molecule has 1 aromatic carbocycles. The van der Waals surface area contributed by atoms with Crippen LogP contribution in [-0.4, -0.2) is 22.7 Å². The fraction of sp³-hybridized carbons (Fsp3) is 0.471. The zero-order valence-electron chi connectivity index (χ0n) is 13.2. The maximum absolute atomic E-state index is 12.0. The molecule has 1 atom stereocenters. The monoisotopic (exact) mass is 331 g/mol. The van der Waals surface area contributed by atoms with Crippen molar-refractivity contribution < 1.29 is 9.53 Å². The second-order valence-electron chi connectivity index (χ2n) is 5.83.